The van der Waals surface area contributed by atoms with E-state index in [0.29, 0.717) is 0 Å². The number of hydrazine groups is 2. The smallest absolute Gasteiger partial charge is 0.357 e. The lowest BCUT2D eigenvalue weighted by Gasteiger charge is -2.33. The van der Waals surface area contributed by atoms with Gasteiger partial charge in [-0.3, -0.25) is 14.6 Å². The number of aliphatic carboxylic acids is 1. The number of ketones is 1. The Morgan fingerprint density at radius 2 is 2.16 bits per heavy atom. The average molecular weight is 373 g/mol. The molecule has 0 aromatic carbocycles. The number of nitrogens with one attached hydrogen (secondary N) is 2. The summed E-state index contributed by atoms with van der Waals surface area (Å²) in [4.78, 5) is 35.6. The fourth-order valence-electron chi connectivity index (χ4n) is 3.85. The van der Waals surface area contributed by atoms with Gasteiger partial charge in [0.2, 0.25) is 0 Å². The summed E-state index contributed by atoms with van der Waals surface area (Å²) in [7, 11) is -3.89. The third-order valence-corrected chi connectivity index (χ3v) is 8.10. The van der Waals surface area contributed by atoms with Crippen LogP contribution in [0.4, 0.5) is 0 Å². The fraction of sp³-hybridized carbons (Fsp3) is 0.643. The number of sulfone groups is 1. The van der Waals surface area contributed by atoms with E-state index in [1.54, 1.807) is 6.92 Å². The molecule has 10 nitrogen and oxygen atoms in total. The van der Waals surface area contributed by atoms with Crippen molar-refractivity contribution >= 4 is 27.6 Å². The van der Waals surface area contributed by atoms with Crippen LogP contribution < -0.4 is 11.0 Å². The Bertz CT molecular complexity index is 777. The van der Waals surface area contributed by atoms with Crippen molar-refractivity contribution in [2.75, 3.05) is 13.2 Å². The molecule has 0 bridgehead atoms. The van der Waals surface area contributed by atoms with E-state index in [4.69, 9.17) is 4.74 Å². The monoisotopic (exact) mass is 373 g/mol. The SMILES string of the molecule is CCOC(=O)C1=CNNN1C[C@@]1(C)[C@H](C(=O)O)C2C(=O)CC2S1(=O)=O. The van der Waals surface area contributed by atoms with E-state index in [0.717, 1.165) is 0 Å². The Labute approximate surface area is 144 Å². The van der Waals surface area contributed by atoms with Crippen LogP contribution in [-0.4, -0.2) is 59.4 Å². The Morgan fingerprint density at radius 3 is 2.72 bits per heavy atom. The Morgan fingerprint density at radius 1 is 1.48 bits per heavy atom. The molecule has 4 atom stereocenters. The quantitative estimate of drug-likeness (QED) is 0.490. The Balaban J connectivity index is 1.94. The van der Waals surface area contributed by atoms with Crippen molar-refractivity contribution in [2.45, 2.75) is 30.3 Å². The van der Waals surface area contributed by atoms with Crippen LogP contribution in [-0.2, 0) is 29.0 Å². The highest BCUT2D eigenvalue weighted by molar-refractivity contribution is 7.94. The first-order chi connectivity index (χ1) is 11.6. The van der Waals surface area contributed by atoms with Gasteiger partial charge in [0.05, 0.1) is 24.3 Å². The minimum Gasteiger partial charge on any atom is -0.481 e. The van der Waals surface area contributed by atoms with Gasteiger partial charge in [0, 0.05) is 18.5 Å². The molecular formula is C14H19N3O7S. The number of Topliss-reactive ketones (excluding diaryl/α,β-unsaturated/α-hetero) is 1. The number of hydrogen-bond acceptors (Lipinski definition) is 9. The first kappa shape index (κ1) is 17.7. The highest BCUT2D eigenvalue weighted by Crippen LogP contribution is 2.53. The molecule has 138 valence electrons. The highest BCUT2D eigenvalue weighted by atomic mass is 32.2. The molecule has 11 heteroatoms. The first-order valence-electron chi connectivity index (χ1n) is 7.80. The number of carboxylic acids is 1. The topological polar surface area (TPSA) is 142 Å². The lowest BCUT2D eigenvalue weighted by Crippen LogP contribution is -2.54. The largest absolute Gasteiger partial charge is 0.481 e. The van der Waals surface area contributed by atoms with E-state index in [-0.39, 0.29) is 31.1 Å². The standard InChI is InChI=1S/C14H19N3O7S/c1-3-24-13(21)7-5-15-16-17(7)6-14(2)11(12(19)20)10-8(18)4-9(10)25(14,22)23/h5,9-11,15-16H,3-4,6H2,1-2H3,(H,19,20)/t9?,10?,11-,14-/m0/s1. The predicted octanol–water partition coefficient (Wildman–Crippen LogP) is -1.44. The van der Waals surface area contributed by atoms with Gasteiger partial charge in [-0.05, 0) is 13.8 Å². The summed E-state index contributed by atoms with van der Waals surface area (Å²) in [5, 5.41) is 9.81. The summed E-state index contributed by atoms with van der Waals surface area (Å²) in [5.41, 5.74) is 5.21. The Kier molecular flexibility index (Phi) is 4.03. The van der Waals surface area contributed by atoms with Crippen molar-refractivity contribution < 1.29 is 32.6 Å². The molecule has 0 amide bonds. The summed E-state index contributed by atoms with van der Waals surface area (Å²) in [6.45, 7) is 2.76. The molecule has 2 unspecified atom stereocenters. The van der Waals surface area contributed by atoms with E-state index in [9.17, 15) is 27.9 Å². The van der Waals surface area contributed by atoms with Crippen LogP contribution in [0.3, 0.4) is 0 Å². The summed E-state index contributed by atoms with van der Waals surface area (Å²) in [5.74, 6) is -4.75. The number of esters is 1. The molecule has 3 rings (SSSR count). The molecule has 0 radical (unpaired) electrons. The fourth-order valence-corrected chi connectivity index (χ4v) is 6.53. The van der Waals surface area contributed by atoms with Crippen LogP contribution in [0.15, 0.2) is 11.9 Å². The van der Waals surface area contributed by atoms with Gasteiger partial charge in [0.25, 0.3) is 0 Å². The van der Waals surface area contributed by atoms with Crippen molar-refractivity contribution in [3.8, 4) is 0 Å². The highest BCUT2D eigenvalue weighted by Gasteiger charge is 2.71. The molecule has 1 saturated carbocycles. The van der Waals surface area contributed by atoms with Gasteiger partial charge in [-0.25, -0.2) is 13.2 Å². The van der Waals surface area contributed by atoms with Crippen molar-refractivity contribution in [1.29, 1.82) is 0 Å². The number of carboxylic acid groups (broad SMARTS) is 1. The Hall–Kier alpha value is -2.14. The lowest BCUT2D eigenvalue weighted by molar-refractivity contribution is -0.150. The molecule has 2 heterocycles. The van der Waals surface area contributed by atoms with E-state index >= 15 is 0 Å². The van der Waals surface area contributed by atoms with Crippen molar-refractivity contribution in [3.63, 3.8) is 0 Å². The molecule has 25 heavy (non-hydrogen) atoms. The number of carbonyl (C=O) groups excluding carboxylic acids is 2. The van der Waals surface area contributed by atoms with Crippen molar-refractivity contribution in [3.05, 3.63) is 11.9 Å². The maximum Gasteiger partial charge on any atom is 0.357 e. The number of fused-ring (bicyclic) bond motifs is 1. The zero-order valence-corrected chi connectivity index (χ0v) is 14.5. The third-order valence-electron chi connectivity index (χ3n) is 5.16. The number of ether oxygens (including phenoxy) is 1. The summed E-state index contributed by atoms with van der Waals surface area (Å²) in [6.07, 6.45) is 1.15. The normalized spacial score (nSPS) is 35.4. The molecule has 0 aromatic heterocycles. The lowest BCUT2D eigenvalue weighted by atomic mass is 9.70. The zero-order valence-electron chi connectivity index (χ0n) is 13.7. The van der Waals surface area contributed by atoms with Crippen LogP contribution >= 0.6 is 0 Å². The molecule has 0 aromatic rings. The van der Waals surface area contributed by atoms with Gasteiger partial charge in [-0.15, -0.1) is 5.53 Å². The number of carbonyl (C=O) groups is 3. The van der Waals surface area contributed by atoms with E-state index in [1.807, 2.05) is 0 Å². The van der Waals surface area contributed by atoms with Gasteiger partial charge in [-0.2, -0.15) is 0 Å². The van der Waals surface area contributed by atoms with Crippen LogP contribution in [0.2, 0.25) is 0 Å². The summed E-state index contributed by atoms with van der Waals surface area (Å²) >= 11 is 0. The molecule has 2 fully saturated rings. The molecule has 2 aliphatic heterocycles. The van der Waals surface area contributed by atoms with Crippen molar-refractivity contribution in [2.24, 2.45) is 11.8 Å². The predicted molar refractivity (Wildman–Crippen MR) is 83.0 cm³/mol. The second kappa shape index (κ2) is 5.70. The first-order valence-corrected chi connectivity index (χ1v) is 9.34. The molecule has 0 spiro atoms. The minimum atomic E-state index is -3.89. The van der Waals surface area contributed by atoms with Gasteiger partial charge in [0.1, 0.15) is 10.5 Å². The third kappa shape index (κ3) is 2.33. The second-order valence-corrected chi connectivity index (χ2v) is 9.13. The molecule has 1 aliphatic carbocycles. The van der Waals surface area contributed by atoms with Crippen LogP contribution in [0.5, 0.6) is 0 Å². The van der Waals surface area contributed by atoms with Crippen LogP contribution in [0.25, 0.3) is 0 Å². The van der Waals surface area contributed by atoms with Gasteiger partial charge in [-0.1, -0.05) is 0 Å². The maximum absolute atomic E-state index is 12.9. The number of hydrogen-bond donors (Lipinski definition) is 3. The number of rotatable bonds is 5. The van der Waals surface area contributed by atoms with Crippen LogP contribution in [0.1, 0.15) is 20.3 Å². The molecule has 1 saturated heterocycles. The van der Waals surface area contributed by atoms with Crippen LogP contribution in [0, 0.1) is 11.8 Å². The number of nitrogens with zero attached hydrogens (tertiary/aromatic N) is 1. The van der Waals surface area contributed by atoms with Crippen molar-refractivity contribution in [1.82, 2.24) is 16.0 Å². The zero-order chi connectivity index (χ0) is 18.6. The maximum atomic E-state index is 12.9. The van der Waals surface area contributed by atoms with E-state index < -0.39 is 43.6 Å². The molecule has 3 aliphatic rings. The average Bonchev–Trinajstić information content (AvgIpc) is 3.01. The van der Waals surface area contributed by atoms with E-state index in [1.165, 1.54) is 18.1 Å². The summed E-state index contributed by atoms with van der Waals surface area (Å²) < 4.78 is 29.0. The van der Waals surface area contributed by atoms with Gasteiger partial charge >= 0.3 is 11.9 Å². The molecular weight excluding hydrogens is 354 g/mol. The van der Waals surface area contributed by atoms with Gasteiger partial charge < -0.3 is 15.3 Å². The molecule has 3 N–H and O–H groups in total. The van der Waals surface area contributed by atoms with Gasteiger partial charge in [0.15, 0.2) is 15.5 Å². The van der Waals surface area contributed by atoms with E-state index in [2.05, 4.69) is 11.0 Å². The minimum absolute atomic E-state index is 0.0352. The summed E-state index contributed by atoms with van der Waals surface area (Å²) in [6, 6.07) is 0. The second-order valence-electron chi connectivity index (χ2n) is 6.50.